The Labute approximate surface area is 140 Å². The van der Waals surface area contributed by atoms with Crippen LogP contribution in [0.5, 0.6) is 0 Å². The lowest BCUT2D eigenvalue weighted by Gasteiger charge is -2.34. The highest BCUT2D eigenvalue weighted by molar-refractivity contribution is 5.45. The van der Waals surface area contributed by atoms with Crippen molar-refractivity contribution in [3.63, 3.8) is 0 Å². The smallest absolute Gasteiger partial charge is 0.379 e. The van der Waals surface area contributed by atoms with E-state index in [9.17, 15) is 13.2 Å². The summed E-state index contributed by atoms with van der Waals surface area (Å²) in [7, 11) is 4.99. The van der Waals surface area contributed by atoms with Crippen LogP contribution in [0.2, 0.25) is 0 Å². The van der Waals surface area contributed by atoms with Gasteiger partial charge in [-0.15, -0.1) is 0 Å². The molecule has 1 aliphatic rings. The van der Waals surface area contributed by atoms with E-state index in [1.165, 1.54) is 4.90 Å². The minimum atomic E-state index is -4.50. The SMILES string of the molecule is C[C@H](CN(C)c1cc(C(F)(F)F)nc(N(C)C)n1)N1CCOCC1. The summed E-state index contributed by atoms with van der Waals surface area (Å²) in [6, 6.07) is 1.19. The van der Waals surface area contributed by atoms with E-state index < -0.39 is 11.9 Å². The number of alkyl halides is 3. The maximum atomic E-state index is 13.1. The molecule has 0 amide bonds. The molecule has 6 nitrogen and oxygen atoms in total. The molecule has 0 N–H and O–H groups in total. The first-order valence-electron chi connectivity index (χ1n) is 7.85. The van der Waals surface area contributed by atoms with Gasteiger partial charge >= 0.3 is 6.18 Å². The van der Waals surface area contributed by atoms with Gasteiger partial charge < -0.3 is 14.5 Å². The van der Waals surface area contributed by atoms with Crippen molar-refractivity contribution in [2.75, 3.05) is 63.8 Å². The van der Waals surface area contributed by atoms with Gasteiger partial charge in [-0.25, -0.2) is 4.98 Å². The molecule has 2 heterocycles. The number of anilines is 2. The van der Waals surface area contributed by atoms with E-state index >= 15 is 0 Å². The average Bonchev–Trinajstić information content (AvgIpc) is 2.54. The molecule has 1 atom stereocenters. The number of hydrogen-bond acceptors (Lipinski definition) is 6. The van der Waals surface area contributed by atoms with Gasteiger partial charge in [-0.3, -0.25) is 4.90 Å². The number of morpholine rings is 1. The van der Waals surface area contributed by atoms with E-state index in [2.05, 4.69) is 21.8 Å². The fourth-order valence-electron chi connectivity index (χ4n) is 2.59. The molecular weight excluding hydrogens is 323 g/mol. The van der Waals surface area contributed by atoms with Crippen LogP contribution in [0.3, 0.4) is 0 Å². The van der Waals surface area contributed by atoms with E-state index in [1.54, 1.807) is 26.0 Å². The van der Waals surface area contributed by atoms with Crippen molar-refractivity contribution in [1.29, 1.82) is 0 Å². The van der Waals surface area contributed by atoms with Crippen LogP contribution in [0, 0.1) is 0 Å². The Balaban J connectivity index is 2.18. The molecular formula is C15H24F3N5O. The highest BCUT2D eigenvalue weighted by Crippen LogP contribution is 2.30. The van der Waals surface area contributed by atoms with E-state index in [0.717, 1.165) is 19.2 Å². The molecule has 0 saturated carbocycles. The zero-order valence-electron chi connectivity index (χ0n) is 14.5. The van der Waals surface area contributed by atoms with Crippen molar-refractivity contribution < 1.29 is 17.9 Å². The monoisotopic (exact) mass is 347 g/mol. The lowest BCUT2D eigenvalue weighted by Crippen LogP contribution is -2.47. The third-order valence-corrected chi connectivity index (χ3v) is 3.99. The van der Waals surface area contributed by atoms with Crippen molar-refractivity contribution in [3.8, 4) is 0 Å². The minimum Gasteiger partial charge on any atom is -0.379 e. The van der Waals surface area contributed by atoms with Gasteiger partial charge in [0.15, 0.2) is 5.69 Å². The largest absolute Gasteiger partial charge is 0.433 e. The fraction of sp³-hybridized carbons (Fsp3) is 0.733. The molecule has 0 unspecified atom stereocenters. The number of aromatic nitrogens is 2. The third-order valence-electron chi connectivity index (χ3n) is 3.99. The fourth-order valence-corrected chi connectivity index (χ4v) is 2.59. The molecule has 1 aliphatic heterocycles. The Morgan fingerprint density at radius 3 is 2.38 bits per heavy atom. The Morgan fingerprint density at radius 2 is 1.83 bits per heavy atom. The first kappa shape index (κ1) is 18.7. The first-order valence-corrected chi connectivity index (χ1v) is 7.85. The van der Waals surface area contributed by atoms with Gasteiger partial charge in [-0.1, -0.05) is 0 Å². The molecule has 2 rings (SSSR count). The summed E-state index contributed by atoms with van der Waals surface area (Å²) in [5, 5.41) is 0. The van der Waals surface area contributed by atoms with E-state index in [0.29, 0.717) is 19.8 Å². The molecule has 1 saturated heterocycles. The van der Waals surface area contributed by atoms with Crippen LogP contribution >= 0.6 is 0 Å². The lowest BCUT2D eigenvalue weighted by atomic mass is 10.2. The van der Waals surface area contributed by atoms with Crippen LogP contribution in [-0.2, 0) is 10.9 Å². The predicted molar refractivity (Wildman–Crippen MR) is 86.5 cm³/mol. The summed E-state index contributed by atoms with van der Waals surface area (Å²) in [6.45, 7) is 5.65. The molecule has 1 fully saturated rings. The molecule has 0 bridgehead atoms. The summed E-state index contributed by atoms with van der Waals surface area (Å²) < 4.78 is 44.6. The van der Waals surface area contributed by atoms with Crippen LogP contribution in [0.25, 0.3) is 0 Å². The van der Waals surface area contributed by atoms with Crippen molar-refractivity contribution in [2.24, 2.45) is 0 Å². The van der Waals surface area contributed by atoms with Crippen molar-refractivity contribution in [3.05, 3.63) is 11.8 Å². The van der Waals surface area contributed by atoms with Gasteiger partial charge in [0, 0.05) is 52.9 Å². The van der Waals surface area contributed by atoms with E-state index in [-0.39, 0.29) is 17.8 Å². The third kappa shape index (κ3) is 4.70. The molecule has 0 radical (unpaired) electrons. The van der Waals surface area contributed by atoms with Gasteiger partial charge in [0.1, 0.15) is 5.82 Å². The molecule has 0 aliphatic carbocycles. The average molecular weight is 347 g/mol. The summed E-state index contributed by atoms with van der Waals surface area (Å²) in [4.78, 5) is 13.3. The second-order valence-corrected chi connectivity index (χ2v) is 6.18. The second kappa shape index (κ2) is 7.52. The van der Waals surface area contributed by atoms with Crippen LogP contribution in [0.4, 0.5) is 24.9 Å². The van der Waals surface area contributed by atoms with Gasteiger partial charge in [-0.05, 0) is 6.92 Å². The molecule has 0 aromatic carbocycles. The molecule has 9 heteroatoms. The van der Waals surface area contributed by atoms with Gasteiger partial charge in [0.25, 0.3) is 0 Å². The number of ether oxygens (including phenoxy) is 1. The quantitative estimate of drug-likeness (QED) is 0.808. The molecule has 1 aromatic rings. The van der Waals surface area contributed by atoms with E-state index in [4.69, 9.17) is 4.74 Å². The number of rotatable bonds is 5. The highest BCUT2D eigenvalue weighted by atomic mass is 19.4. The Bertz CT molecular complexity index is 546. The summed E-state index contributed by atoms with van der Waals surface area (Å²) in [5.74, 6) is 0.312. The van der Waals surface area contributed by atoms with Crippen LogP contribution < -0.4 is 9.80 Å². The van der Waals surface area contributed by atoms with E-state index in [1.807, 2.05) is 0 Å². The maximum absolute atomic E-state index is 13.1. The van der Waals surface area contributed by atoms with Crippen LogP contribution in [0.15, 0.2) is 6.07 Å². The number of likely N-dealkylation sites (N-methyl/N-ethyl adjacent to an activating group) is 1. The van der Waals surface area contributed by atoms with Crippen LogP contribution in [0.1, 0.15) is 12.6 Å². The van der Waals surface area contributed by atoms with Crippen molar-refractivity contribution in [2.45, 2.75) is 19.1 Å². The van der Waals surface area contributed by atoms with Gasteiger partial charge in [0.2, 0.25) is 5.95 Å². The highest BCUT2D eigenvalue weighted by Gasteiger charge is 2.34. The standard InChI is InChI=1S/C15H24F3N5O/c1-11(23-5-7-24-8-6-23)10-22(4)13-9-12(15(16,17)18)19-14(20-13)21(2)3/h9,11H,5-8,10H2,1-4H3/t11-/m1/s1. The molecule has 136 valence electrons. The van der Waals surface area contributed by atoms with Crippen LogP contribution in [-0.4, -0.2) is 74.9 Å². The zero-order chi connectivity index (χ0) is 17.9. The normalized spacial score (nSPS) is 17.6. The molecule has 24 heavy (non-hydrogen) atoms. The topological polar surface area (TPSA) is 44.7 Å². The number of nitrogens with zero attached hydrogens (tertiary/aromatic N) is 5. The number of hydrogen-bond donors (Lipinski definition) is 0. The predicted octanol–water partition coefficient (Wildman–Crippen LogP) is 1.72. The second-order valence-electron chi connectivity index (χ2n) is 6.18. The Morgan fingerprint density at radius 1 is 1.21 bits per heavy atom. The molecule has 1 aromatic heterocycles. The lowest BCUT2D eigenvalue weighted by molar-refractivity contribution is -0.141. The van der Waals surface area contributed by atoms with Crippen molar-refractivity contribution >= 4 is 11.8 Å². The molecule has 0 spiro atoms. The van der Waals surface area contributed by atoms with Gasteiger partial charge in [0.05, 0.1) is 13.2 Å². The minimum absolute atomic E-state index is 0.0469. The van der Waals surface area contributed by atoms with Crippen molar-refractivity contribution in [1.82, 2.24) is 14.9 Å². The summed E-state index contributed by atoms with van der Waals surface area (Å²) in [5.41, 5.74) is -0.929. The maximum Gasteiger partial charge on any atom is 0.433 e. The first-order chi connectivity index (χ1) is 11.2. The Hall–Kier alpha value is -1.61. The summed E-state index contributed by atoms with van der Waals surface area (Å²) >= 11 is 0. The Kier molecular flexibility index (Phi) is 5.87. The zero-order valence-corrected chi connectivity index (χ0v) is 14.5. The summed E-state index contributed by atoms with van der Waals surface area (Å²) in [6.07, 6.45) is -4.50. The number of halogens is 3. The van der Waals surface area contributed by atoms with Gasteiger partial charge in [-0.2, -0.15) is 18.2 Å².